The van der Waals surface area contributed by atoms with Gasteiger partial charge in [0.25, 0.3) is 0 Å². The van der Waals surface area contributed by atoms with Gasteiger partial charge in [-0.15, -0.1) is 0 Å². The molecule has 28 heavy (non-hydrogen) atoms. The van der Waals surface area contributed by atoms with E-state index in [2.05, 4.69) is 37.0 Å². The van der Waals surface area contributed by atoms with Crippen LogP contribution >= 0.6 is 0 Å². The van der Waals surface area contributed by atoms with Crippen molar-refractivity contribution in [3.8, 4) is 12.1 Å². The molecule has 3 rings (SSSR count). The van der Waals surface area contributed by atoms with Crippen molar-refractivity contribution in [1.29, 1.82) is 10.5 Å². The molecule has 0 amide bonds. The zero-order valence-corrected chi connectivity index (χ0v) is 16.0. The van der Waals surface area contributed by atoms with Gasteiger partial charge in [0, 0.05) is 30.8 Å². The van der Waals surface area contributed by atoms with Gasteiger partial charge in [0.2, 0.25) is 0 Å². The standard InChI is InChI=1S/C24H20N4/c1-17-12-21(4-3-10-25)13-18(2)23(17)15-22-9-11-27-24(28-22)14-19-5-7-20(16-26)8-6-19/h3-9,11-13H,14-15H2,1-2H3/b4-3+. The van der Waals surface area contributed by atoms with E-state index in [1.165, 1.54) is 22.8 Å². The second kappa shape index (κ2) is 8.75. The van der Waals surface area contributed by atoms with E-state index >= 15 is 0 Å². The Morgan fingerprint density at radius 3 is 2.32 bits per heavy atom. The van der Waals surface area contributed by atoms with Gasteiger partial charge < -0.3 is 0 Å². The summed E-state index contributed by atoms with van der Waals surface area (Å²) in [4.78, 5) is 9.12. The van der Waals surface area contributed by atoms with Gasteiger partial charge in [0.05, 0.1) is 17.7 Å². The predicted molar refractivity (Wildman–Crippen MR) is 109 cm³/mol. The molecule has 0 saturated heterocycles. The zero-order chi connectivity index (χ0) is 19.9. The topological polar surface area (TPSA) is 73.4 Å². The lowest BCUT2D eigenvalue weighted by Crippen LogP contribution is -2.03. The fraction of sp³-hybridized carbons (Fsp3) is 0.167. The third kappa shape index (κ3) is 4.69. The number of nitriles is 2. The second-order valence-corrected chi connectivity index (χ2v) is 6.72. The smallest absolute Gasteiger partial charge is 0.132 e. The highest BCUT2D eigenvalue weighted by Crippen LogP contribution is 2.21. The minimum absolute atomic E-state index is 0.634. The van der Waals surface area contributed by atoms with E-state index in [1.807, 2.05) is 42.5 Å². The Labute approximate surface area is 165 Å². The zero-order valence-electron chi connectivity index (χ0n) is 16.0. The van der Waals surface area contributed by atoms with Crippen LogP contribution in [0.2, 0.25) is 0 Å². The molecule has 0 bridgehead atoms. The van der Waals surface area contributed by atoms with Crippen LogP contribution in [0.15, 0.2) is 54.7 Å². The second-order valence-electron chi connectivity index (χ2n) is 6.72. The van der Waals surface area contributed by atoms with Gasteiger partial charge in [-0.3, -0.25) is 0 Å². The summed E-state index contributed by atoms with van der Waals surface area (Å²) in [6.07, 6.45) is 6.49. The molecule has 0 spiro atoms. The average molecular weight is 364 g/mol. The largest absolute Gasteiger partial charge is 0.241 e. The van der Waals surface area contributed by atoms with Crippen LogP contribution in [0.1, 0.15) is 44.9 Å². The maximum absolute atomic E-state index is 8.91. The van der Waals surface area contributed by atoms with E-state index in [9.17, 15) is 0 Å². The molecule has 4 heteroatoms. The summed E-state index contributed by atoms with van der Waals surface area (Å²) in [5.74, 6) is 0.770. The Bertz CT molecular complexity index is 1070. The Balaban J connectivity index is 1.80. The lowest BCUT2D eigenvalue weighted by atomic mass is 9.95. The number of allylic oxidation sites excluding steroid dienone is 1. The van der Waals surface area contributed by atoms with E-state index in [1.54, 1.807) is 6.20 Å². The van der Waals surface area contributed by atoms with Crippen LogP contribution in [0.5, 0.6) is 0 Å². The SMILES string of the molecule is Cc1cc(/C=C/C#N)cc(C)c1Cc1ccnc(Cc2ccc(C#N)cc2)n1. The number of aromatic nitrogens is 2. The van der Waals surface area contributed by atoms with Gasteiger partial charge in [0.1, 0.15) is 5.82 Å². The highest BCUT2D eigenvalue weighted by Gasteiger charge is 2.08. The predicted octanol–water partition coefficient (Wildman–Crippen LogP) is 4.68. The Morgan fingerprint density at radius 2 is 1.68 bits per heavy atom. The first-order chi connectivity index (χ1) is 13.6. The lowest BCUT2D eigenvalue weighted by molar-refractivity contribution is 0.912. The molecule has 4 nitrogen and oxygen atoms in total. The van der Waals surface area contributed by atoms with Gasteiger partial charge in [-0.1, -0.05) is 24.3 Å². The fourth-order valence-corrected chi connectivity index (χ4v) is 3.22. The third-order valence-corrected chi connectivity index (χ3v) is 4.63. The normalized spacial score (nSPS) is 10.6. The van der Waals surface area contributed by atoms with Crippen molar-refractivity contribution in [3.05, 3.63) is 99.6 Å². The molecule has 0 atom stereocenters. The minimum Gasteiger partial charge on any atom is -0.241 e. The molecule has 1 aromatic heterocycles. The summed E-state index contributed by atoms with van der Waals surface area (Å²) in [6, 6.07) is 17.8. The molecule has 0 radical (unpaired) electrons. The molecule has 0 aliphatic carbocycles. The van der Waals surface area contributed by atoms with E-state index in [4.69, 9.17) is 15.5 Å². The highest BCUT2D eigenvalue weighted by molar-refractivity contribution is 5.56. The molecule has 2 aromatic carbocycles. The molecule has 0 unspecified atom stereocenters. The maximum Gasteiger partial charge on any atom is 0.132 e. The van der Waals surface area contributed by atoms with Crippen LogP contribution < -0.4 is 0 Å². The summed E-state index contributed by atoms with van der Waals surface area (Å²) in [7, 11) is 0. The minimum atomic E-state index is 0.634. The van der Waals surface area contributed by atoms with Crippen molar-refractivity contribution in [3.63, 3.8) is 0 Å². The Kier molecular flexibility index (Phi) is 5.94. The molecule has 0 N–H and O–H groups in total. The number of aryl methyl sites for hydroxylation is 2. The molecule has 0 saturated carbocycles. The van der Waals surface area contributed by atoms with Gasteiger partial charge in [-0.05, 0) is 65.9 Å². The van der Waals surface area contributed by atoms with Crippen LogP contribution in [0, 0.1) is 36.5 Å². The molecule has 1 heterocycles. The number of hydrogen-bond acceptors (Lipinski definition) is 4. The van der Waals surface area contributed by atoms with Crippen molar-refractivity contribution in [2.45, 2.75) is 26.7 Å². The Morgan fingerprint density at radius 1 is 0.964 bits per heavy atom. The van der Waals surface area contributed by atoms with E-state index in [0.717, 1.165) is 29.1 Å². The molecule has 3 aromatic rings. The third-order valence-electron chi connectivity index (χ3n) is 4.63. The first-order valence-electron chi connectivity index (χ1n) is 9.05. The van der Waals surface area contributed by atoms with Crippen LogP contribution in [-0.2, 0) is 12.8 Å². The number of benzene rings is 2. The van der Waals surface area contributed by atoms with Gasteiger partial charge in [0.15, 0.2) is 0 Å². The van der Waals surface area contributed by atoms with Crippen molar-refractivity contribution in [1.82, 2.24) is 9.97 Å². The van der Waals surface area contributed by atoms with Crippen molar-refractivity contribution in [2.24, 2.45) is 0 Å². The highest BCUT2D eigenvalue weighted by atomic mass is 14.9. The Hall–Kier alpha value is -3.76. The molecule has 136 valence electrons. The molecular weight excluding hydrogens is 344 g/mol. The van der Waals surface area contributed by atoms with Crippen molar-refractivity contribution >= 4 is 6.08 Å². The quantitative estimate of drug-likeness (QED) is 0.616. The molecule has 0 fully saturated rings. The van der Waals surface area contributed by atoms with Crippen molar-refractivity contribution in [2.75, 3.05) is 0 Å². The van der Waals surface area contributed by atoms with Gasteiger partial charge in [-0.2, -0.15) is 10.5 Å². The average Bonchev–Trinajstić information content (AvgIpc) is 2.70. The number of nitrogens with zero attached hydrogens (tertiary/aromatic N) is 4. The first kappa shape index (κ1) is 19.0. The monoisotopic (exact) mass is 364 g/mol. The van der Waals surface area contributed by atoms with Crippen molar-refractivity contribution < 1.29 is 0 Å². The lowest BCUT2D eigenvalue weighted by Gasteiger charge is -2.12. The molecular formula is C24H20N4. The first-order valence-corrected chi connectivity index (χ1v) is 9.05. The van der Waals surface area contributed by atoms with Gasteiger partial charge >= 0.3 is 0 Å². The molecule has 0 aliphatic rings. The van der Waals surface area contributed by atoms with Gasteiger partial charge in [-0.25, -0.2) is 9.97 Å². The fourth-order valence-electron chi connectivity index (χ4n) is 3.22. The van der Waals surface area contributed by atoms with E-state index < -0.39 is 0 Å². The van der Waals surface area contributed by atoms with E-state index in [-0.39, 0.29) is 0 Å². The molecule has 0 aliphatic heterocycles. The number of hydrogen-bond donors (Lipinski definition) is 0. The summed E-state index contributed by atoms with van der Waals surface area (Å²) < 4.78 is 0. The van der Waals surface area contributed by atoms with Crippen LogP contribution in [0.3, 0.4) is 0 Å². The summed E-state index contributed by atoms with van der Waals surface area (Å²) in [5, 5.41) is 17.6. The van der Waals surface area contributed by atoms with Crippen LogP contribution in [-0.4, -0.2) is 9.97 Å². The number of rotatable bonds is 5. The summed E-state index contributed by atoms with van der Waals surface area (Å²) in [6.45, 7) is 4.18. The van der Waals surface area contributed by atoms with E-state index in [0.29, 0.717) is 12.0 Å². The van der Waals surface area contributed by atoms with Crippen LogP contribution in [0.4, 0.5) is 0 Å². The summed E-state index contributed by atoms with van der Waals surface area (Å²) >= 11 is 0. The van der Waals surface area contributed by atoms with Crippen LogP contribution in [0.25, 0.3) is 6.08 Å². The summed E-state index contributed by atoms with van der Waals surface area (Å²) in [5.41, 5.74) is 7.36. The maximum atomic E-state index is 8.91.